The van der Waals surface area contributed by atoms with Crippen LogP contribution in [0.25, 0.3) is 0 Å². The first-order chi connectivity index (χ1) is 11.5. The highest BCUT2D eigenvalue weighted by atomic mass is 16.7. The minimum absolute atomic E-state index is 0.212. The zero-order valence-electron chi connectivity index (χ0n) is 15.0. The maximum absolute atomic E-state index is 10.3. The largest absolute Gasteiger partial charge is 0.394 e. The van der Waals surface area contributed by atoms with Gasteiger partial charge in [-0.3, -0.25) is 0 Å². The second-order valence-corrected chi connectivity index (χ2v) is 7.26. The average molecular weight is 368 g/mol. The van der Waals surface area contributed by atoms with Gasteiger partial charge >= 0.3 is 0 Å². The van der Waals surface area contributed by atoms with E-state index in [0.717, 1.165) is 0 Å². The van der Waals surface area contributed by atoms with Crippen molar-refractivity contribution in [2.24, 2.45) is 11.8 Å². The minimum Gasteiger partial charge on any atom is -0.394 e. The summed E-state index contributed by atoms with van der Waals surface area (Å²) in [5.41, 5.74) is 0. The van der Waals surface area contributed by atoms with Gasteiger partial charge in [-0.15, -0.1) is 0 Å². The second kappa shape index (κ2) is 9.54. The molecule has 0 aromatic heterocycles. The Bertz CT molecular complexity index is 392. The van der Waals surface area contributed by atoms with Gasteiger partial charge in [-0.1, -0.05) is 27.7 Å². The minimum atomic E-state index is -1.64. The van der Waals surface area contributed by atoms with Gasteiger partial charge < -0.3 is 45.2 Å². The Kier molecular flexibility index (Phi) is 8.65. The molecule has 4 unspecified atom stereocenters. The molecule has 0 bridgehead atoms. The van der Waals surface area contributed by atoms with Crippen molar-refractivity contribution in [1.82, 2.24) is 0 Å². The molecule has 1 aliphatic heterocycles. The molecule has 9 nitrogen and oxygen atoms in total. The number of aliphatic hydroxyl groups excluding tert-OH is 7. The van der Waals surface area contributed by atoms with Crippen LogP contribution in [0.3, 0.4) is 0 Å². The fraction of sp³-hybridized carbons (Fsp3) is 1.00. The van der Waals surface area contributed by atoms with Gasteiger partial charge in [0, 0.05) is 0 Å². The van der Waals surface area contributed by atoms with Crippen molar-refractivity contribution in [3.63, 3.8) is 0 Å². The van der Waals surface area contributed by atoms with Crippen LogP contribution < -0.4 is 0 Å². The predicted octanol–water partition coefficient (Wildman–Crippen LogP) is -2.43. The fourth-order valence-electron chi connectivity index (χ4n) is 2.78. The van der Waals surface area contributed by atoms with Crippen molar-refractivity contribution < 1.29 is 45.2 Å². The topological polar surface area (TPSA) is 160 Å². The molecule has 1 rings (SSSR count). The highest BCUT2D eigenvalue weighted by Gasteiger charge is 2.47. The molecule has 25 heavy (non-hydrogen) atoms. The standard InChI is InChI=1S/C16H32O9/c1-6(2)9(19)11(21)15(8(18)5-17)25-16-13(23)10(20)12(22)14(24-16)7(3)4/h6-23H,5H2,1-4H3/t8?,9?,10-,11?,12+,13+,14+,15?,16-/m0/s1. The Balaban J connectivity index is 2.98. The Morgan fingerprint density at radius 1 is 0.880 bits per heavy atom. The zero-order chi connectivity index (χ0) is 19.5. The lowest BCUT2D eigenvalue weighted by molar-refractivity contribution is -0.329. The molecule has 0 spiro atoms. The molecule has 0 saturated carbocycles. The van der Waals surface area contributed by atoms with Crippen LogP contribution >= 0.6 is 0 Å². The Hall–Kier alpha value is -0.360. The fourth-order valence-corrected chi connectivity index (χ4v) is 2.78. The van der Waals surface area contributed by atoms with E-state index in [2.05, 4.69) is 0 Å². The predicted molar refractivity (Wildman–Crippen MR) is 86.3 cm³/mol. The van der Waals surface area contributed by atoms with Gasteiger partial charge in [-0.05, 0) is 11.8 Å². The lowest BCUT2D eigenvalue weighted by Crippen LogP contribution is -2.62. The van der Waals surface area contributed by atoms with E-state index in [-0.39, 0.29) is 11.8 Å². The molecule has 1 aliphatic rings. The van der Waals surface area contributed by atoms with Crippen molar-refractivity contribution >= 4 is 0 Å². The molecule has 0 aromatic carbocycles. The maximum atomic E-state index is 10.3. The lowest BCUT2D eigenvalue weighted by atomic mass is 9.91. The van der Waals surface area contributed by atoms with Gasteiger partial charge in [0.1, 0.15) is 36.6 Å². The average Bonchev–Trinajstić information content (AvgIpc) is 2.56. The molecule has 1 fully saturated rings. The lowest BCUT2D eigenvalue weighted by Gasteiger charge is -2.44. The molecular weight excluding hydrogens is 336 g/mol. The first-order valence-electron chi connectivity index (χ1n) is 8.53. The van der Waals surface area contributed by atoms with Crippen LogP contribution in [0.2, 0.25) is 0 Å². The van der Waals surface area contributed by atoms with E-state index in [9.17, 15) is 35.7 Å². The van der Waals surface area contributed by atoms with Gasteiger partial charge in [0.15, 0.2) is 6.29 Å². The van der Waals surface area contributed by atoms with E-state index >= 15 is 0 Å². The molecule has 7 N–H and O–H groups in total. The highest BCUT2D eigenvalue weighted by Crippen LogP contribution is 2.28. The van der Waals surface area contributed by atoms with Gasteiger partial charge in [-0.25, -0.2) is 0 Å². The van der Waals surface area contributed by atoms with E-state index in [0.29, 0.717) is 0 Å². The second-order valence-electron chi connectivity index (χ2n) is 7.26. The molecule has 9 heteroatoms. The van der Waals surface area contributed by atoms with Gasteiger partial charge in [0.05, 0.1) is 18.8 Å². The summed E-state index contributed by atoms with van der Waals surface area (Å²) in [7, 11) is 0. The number of ether oxygens (including phenoxy) is 2. The molecule has 0 aliphatic carbocycles. The Morgan fingerprint density at radius 2 is 1.44 bits per heavy atom. The Labute approximate surface area is 147 Å². The number of aliphatic hydroxyl groups is 7. The van der Waals surface area contributed by atoms with E-state index in [4.69, 9.17) is 9.47 Å². The Morgan fingerprint density at radius 3 is 1.88 bits per heavy atom. The van der Waals surface area contributed by atoms with Crippen molar-refractivity contribution in [3.8, 4) is 0 Å². The summed E-state index contributed by atoms with van der Waals surface area (Å²) < 4.78 is 10.9. The first-order valence-corrected chi connectivity index (χ1v) is 8.53. The number of hydrogen-bond acceptors (Lipinski definition) is 9. The van der Waals surface area contributed by atoms with E-state index in [1.807, 2.05) is 0 Å². The van der Waals surface area contributed by atoms with Crippen LogP contribution in [0.5, 0.6) is 0 Å². The molecule has 150 valence electrons. The summed E-state index contributed by atoms with van der Waals surface area (Å²) in [5.74, 6) is -0.573. The normalized spacial score (nSPS) is 35.6. The molecular formula is C16H32O9. The van der Waals surface area contributed by atoms with Crippen LogP contribution in [0, 0.1) is 11.8 Å². The summed E-state index contributed by atoms with van der Waals surface area (Å²) >= 11 is 0. The van der Waals surface area contributed by atoms with E-state index < -0.39 is 61.7 Å². The van der Waals surface area contributed by atoms with Crippen molar-refractivity contribution in [2.75, 3.05) is 6.61 Å². The third kappa shape index (κ3) is 5.31. The summed E-state index contributed by atoms with van der Waals surface area (Å²) in [6.07, 6.45) is -12.7. The van der Waals surface area contributed by atoms with E-state index in [1.54, 1.807) is 27.7 Å². The quantitative estimate of drug-likeness (QED) is 0.247. The molecule has 0 radical (unpaired) electrons. The molecule has 1 heterocycles. The van der Waals surface area contributed by atoms with Gasteiger partial charge in [-0.2, -0.15) is 0 Å². The van der Waals surface area contributed by atoms with Crippen LogP contribution in [-0.4, -0.2) is 97.5 Å². The number of rotatable bonds is 8. The molecule has 0 aromatic rings. The summed E-state index contributed by atoms with van der Waals surface area (Å²) in [6, 6.07) is 0. The van der Waals surface area contributed by atoms with Crippen molar-refractivity contribution in [3.05, 3.63) is 0 Å². The summed E-state index contributed by atoms with van der Waals surface area (Å²) in [6.45, 7) is 6.03. The third-order valence-corrected chi connectivity index (χ3v) is 4.49. The van der Waals surface area contributed by atoms with Crippen LogP contribution in [0.1, 0.15) is 27.7 Å². The van der Waals surface area contributed by atoms with Crippen LogP contribution in [0.15, 0.2) is 0 Å². The SMILES string of the molecule is CC(C)C(O)C(O)C(O[C@@H]1O[C@H](C(C)C)[C@H](O)[C@H](O)[C@H]1O)C(O)CO. The highest BCUT2D eigenvalue weighted by molar-refractivity contribution is 4.92. The maximum Gasteiger partial charge on any atom is 0.187 e. The third-order valence-electron chi connectivity index (χ3n) is 4.49. The van der Waals surface area contributed by atoms with Gasteiger partial charge in [0.2, 0.25) is 0 Å². The summed E-state index contributed by atoms with van der Waals surface area (Å²) in [5, 5.41) is 69.5. The molecule has 0 amide bonds. The summed E-state index contributed by atoms with van der Waals surface area (Å²) in [4.78, 5) is 0. The van der Waals surface area contributed by atoms with Crippen molar-refractivity contribution in [1.29, 1.82) is 0 Å². The zero-order valence-corrected chi connectivity index (χ0v) is 15.0. The van der Waals surface area contributed by atoms with Crippen molar-refractivity contribution in [2.45, 2.75) is 82.8 Å². The first kappa shape index (κ1) is 22.7. The smallest absolute Gasteiger partial charge is 0.187 e. The van der Waals surface area contributed by atoms with Crippen LogP contribution in [-0.2, 0) is 9.47 Å². The number of hydrogen-bond donors (Lipinski definition) is 7. The van der Waals surface area contributed by atoms with E-state index in [1.165, 1.54) is 0 Å². The van der Waals surface area contributed by atoms with Gasteiger partial charge in [0.25, 0.3) is 0 Å². The molecule has 1 saturated heterocycles. The van der Waals surface area contributed by atoms with Crippen LogP contribution in [0.4, 0.5) is 0 Å². The monoisotopic (exact) mass is 368 g/mol. The molecule has 9 atom stereocenters.